The average Bonchev–Trinajstić information content (AvgIpc) is 2.77. The van der Waals surface area contributed by atoms with Crippen molar-refractivity contribution in [1.82, 2.24) is 4.90 Å². The molecule has 0 radical (unpaired) electrons. The van der Waals surface area contributed by atoms with Crippen LogP contribution in [0.2, 0.25) is 0 Å². The predicted molar refractivity (Wildman–Crippen MR) is 71.5 cm³/mol. The summed E-state index contributed by atoms with van der Waals surface area (Å²) in [6.07, 6.45) is 0. The van der Waals surface area contributed by atoms with Crippen molar-refractivity contribution < 1.29 is 0 Å². The molecule has 0 bridgehead atoms. The Morgan fingerprint density at radius 2 is 2.00 bits per heavy atom. The monoisotopic (exact) mass is 301 g/mol. The van der Waals surface area contributed by atoms with Gasteiger partial charge in [0.05, 0.1) is 3.79 Å². The topological polar surface area (TPSA) is 3.24 Å². The van der Waals surface area contributed by atoms with Gasteiger partial charge in [0.1, 0.15) is 0 Å². The zero-order chi connectivity index (χ0) is 10.7. The molecule has 0 atom stereocenters. The molecular formula is C11H12BrNS2. The first kappa shape index (κ1) is 11.3. The van der Waals surface area contributed by atoms with E-state index in [0.29, 0.717) is 0 Å². The van der Waals surface area contributed by atoms with Gasteiger partial charge in [0.2, 0.25) is 0 Å². The van der Waals surface area contributed by atoms with Crippen molar-refractivity contribution in [3.63, 3.8) is 0 Å². The minimum absolute atomic E-state index is 1.02. The largest absolute Gasteiger partial charge is 0.296 e. The van der Waals surface area contributed by atoms with Crippen molar-refractivity contribution in [3.8, 4) is 0 Å². The molecule has 0 unspecified atom stereocenters. The van der Waals surface area contributed by atoms with E-state index in [9.17, 15) is 0 Å². The van der Waals surface area contributed by atoms with Crippen LogP contribution in [0.1, 0.15) is 9.75 Å². The Morgan fingerprint density at radius 1 is 1.20 bits per heavy atom. The van der Waals surface area contributed by atoms with Gasteiger partial charge in [-0.15, -0.1) is 22.7 Å². The van der Waals surface area contributed by atoms with Gasteiger partial charge in [-0.05, 0) is 46.6 Å². The van der Waals surface area contributed by atoms with Gasteiger partial charge >= 0.3 is 0 Å². The van der Waals surface area contributed by atoms with E-state index < -0.39 is 0 Å². The summed E-state index contributed by atoms with van der Waals surface area (Å²) < 4.78 is 1.21. The Balaban J connectivity index is 1.90. The molecule has 0 aromatic carbocycles. The van der Waals surface area contributed by atoms with Crippen LogP contribution in [0.5, 0.6) is 0 Å². The highest BCUT2D eigenvalue weighted by Gasteiger charge is 2.04. The van der Waals surface area contributed by atoms with E-state index in [-0.39, 0.29) is 0 Å². The van der Waals surface area contributed by atoms with E-state index in [1.165, 1.54) is 13.5 Å². The minimum Gasteiger partial charge on any atom is -0.296 e. The number of nitrogens with zero attached hydrogens (tertiary/aromatic N) is 1. The van der Waals surface area contributed by atoms with Crippen LogP contribution in [0.3, 0.4) is 0 Å². The summed E-state index contributed by atoms with van der Waals surface area (Å²) in [5.74, 6) is 0. The molecule has 0 saturated carbocycles. The molecule has 2 heterocycles. The van der Waals surface area contributed by atoms with Crippen LogP contribution in [0, 0.1) is 0 Å². The first-order valence-electron chi connectivity index (χ1n) is 4.69. The molecule has 0 fully saturated rings. The van der Waals surface area contributed by atoms with Crippen LogP contribution in [-0.2, 0) is 13.1 Å². The first-order valence-corrected chi connectivity index (χ1v) is 7.18. The Labute approximate surface area is 106 Å². The van der Waals surface area contributed by atoms with Crippen molar-refractivity contribution in [2.24, 2.45) is 0 Å². The molecule has 0 amide bonds. The van der Waals surface area contributed by atoms with Crippen LogP contribution in [0.4, 0.5) is 0 Å². The van der Waals surface area contributed by atoms with Gasteiger partial charge in [-0.1, -0.05) is 6.07 Å². The highest BCUT2D eigenvalue weighted by molar-refractivity contribution is 9.11. The lowest BCUT2D eigenvalue weighted by Crippen LogP contribution is -2.15. The first-order chi connectivity index (χ1) is 7.24. The normalized spacial score (nSPS) is 11.1. The molecule has 80 valence electrons. The molecule has 0 aliphatic carbocycles. The van der Waals surface area contributed by atoms with Gasteiger partial charge in [0, 0.05) is 22.8 Å². The van der Waals surface area contributed by atoms with Gasteiger partial charge in [0.15, 0.2) is 0 Å². The molecule has 2 aromatic heterocycles. The standard InChI is InChI=1S/C11H12BrNS2/c1-13(7-9-3-2-6-14-9)8-10-4-5-11(12)15-10/h2-6H,7-8H2,1H3. The molecule has 4 heteroatoms. The lowest BCUT2D eigenvalue weighted by molar-refractivity contribution is 0.325. The maximum absolute atomic E-state index is 3.48. The Morgan fingerprint density at radius 3 is 2.60 bits per heavy atom. The van der Waals surface area contributed by atoms with E-state index in [1.54, 1.807) is 0 Å². The summed E-state index contributed by atoms with van der Waals surface area (Å²) in [6.45, 7) is 2.06. The fourth-order valence-electron chi connectivity index (χ4n) is 1.43. The van der Waals surface area contributed by atoms with Crippen LogP contribution in [0.25, 0.3) is 0 Å². The van der Waals surface area contributed by atoms with Crippen LogP contribution in [-0.4, -0.2) is 11.9 Å². The van der Waals surface area contributed by atoms with Crippen molar-refractivity contribution in [3.05, 3.63) is 43.2 Å². The second-order valence-electron chi connectivity index (χ2n) is 3.46. The highest BCUT2D eigenvalue weighted by Crippen LogP contribution is 2.23. The SMILES string of the molecule is CN(Cc1cccs1)Cc1ccc(Br)s1. The molecule has 2 rings (SSSR count). The lowest BCUT2D eigenvalue weighted by atomic mass is 10.4. The number of thiophene rings is 2. The van der Waals surface area contributed by atoms with E-state index in [1.807, 2.05) is 22.7 Å². The molecule has 0 spiro atoms. The molecule has 0 saturated heterocycles. The van der Waals surface area contributed by atoms with Gasteiger partial charge in [-0.3, -0.25) is 4.90 Å². The van der Waals surface area contributed by atoms with Gasteiger partial charge < -0.3 is 0 Å². The second kappa shape index (κ2) is 5.25. The Kier molecular flexibility index (Phi) is 3.97. The van der Waals surface area contributed by atoms with Crippen LogP contribution < -0.4 is 0 Å². The number of halogens is 1. The zero-order valence-corrected chi connectivity index (χ0v) is 11.7. The smallest absolute Gasteiger partial charge is 0.0701 e. The van der Waals surface area contributed by atoms with Crippen molar-refractivity contribution in [2.75, 3.05) is 7.05 Å². The summed E-state index contributed by atoms with van der Waals surface area (Å²) in [4.78, 5) is 5.17. The van der Waals surface area contributed by atoms with Crippen molar-refractivity contribution >= 4 is 38.6 Å². The quantitative estimate of drug-likeness (QED) is 0.818. The summed E-state index contributed by atoms with van der Waals surface area (Å²) in [5.41, 5.74) is 0. The van der Waals surface area contributed by atoms with Crippen molar-refractivity contribution in [2.45, 2.75) is 13.1 Å². The second-order valence-corrected chi connectivity index (χ2v) is 7.04. The molecule has 0 aliphatic heterocycles. The molecule has 0 aliphatic rings. The third kappa shape index (κ3) is 3.41. The van der Waals surface area contributed by atoms with E-state index in [0.717, 1.165) is 13.1 Å². The third-order valence-corrected chi connectivity index (χ3v) is 4.53. The summed E-state index contributed by atoms with van der Waals surface area (Å²) in [6, 6.07) is 8.58. The maximum atomic E-state index is 3.48. The van der Waals surface area contributed by atoms with Gasteiger partial charge in [-0.2, -0.15) is 0 Å². The summed E-state index contributed by atoms with van der Waals surface area (Å²) in [5, 5.41) is 2.13. The van der Waals surface area contributed by atoms with Crippen LogP contribution in [0.15, 0.2) is 33.4 Å². The van der Waals surface area contributed by atoms with Crippen molar-refractivity contribution in [1.29, 1.82) is 0 Å². The fraction of sp³-hybridized carbons (Fsp3) is 0.273. The molecule has 1 nitrogen and oxygen atoms in total. The van der Waals surface area contributed by atoms with E-state index in [4.69, 9.17) is 0 Å². The zero-order valence-electron chi connectivity index (χ0n) is 8.44. The molecule has 2 aromatic rings. The predicted octanol–water partition coefficient (Wildman–Crippen LogP) is 4.20. The average molecular weight is 302 g/mol. The Hall–Kier alpha value is -0.160. The number of hydrogen-bond donors (Lipinski definition) is 0. The van der Waals surface area contributed by atoms with E-state index in [2.05, 4.69) is 57.5 Å². The molecule has 15 heavy (non-hydrogen) atoms. The number of rotatable bonds is 4. The summed E-state index contributed by atoms with van der Waals surface area (Å²) >= 11 is 7.11. The number of hydrogen-bond acceptors (Lipinski definition) is 3. The van der Waals surface area contributed by atoms with Gasteiger partial charge in [-0.25, -0.2) is 0 Å². The van der Waals surface area contributed by atoms with E-state index >= 15 is 0 Å². The fourth-order valence-corrected chi connectivity index (χ4v) is 3.77. The third-order valence-electron chi connectivity index (χ3n) is 2.06. The minimum atomic E-state index is 1.02. The van der Waals surface area contributed by atoms with Crippen LogP contribution >= 0.6 is 38.6 Å². The summed E-state index contributed by atoms with van der Waals surface area (Å²) in [7, 11) is 2.16. The molecular weight excluding hydrogens is 290 g/mol. The van der Waals surface area contributed by atoms with Gasteiger partial charge in [0.25, 0.3) is 0 Å². The Bertz CT molecular complexity index is 408. The maximum Gasteiger partial charge on any atom is 0.0701 e. The lowest BCUT2D eigenvalue weighted by Gasteiger charge is -2.13. The highest BCUT2D eigenvalue weighted by atomic mass is 79.9. The molecule has 0 N–H and O–H groups in total.